The average molecular weight is 481 g/mol. The molecule has 1 fully saturated rings. The van der Waals surface area contributed by atoms with E-state index in [9.17, 15) is 4.79 Å². The van der Waals surface area contributed by atoms with Crippen LogP contribution in [0, 0.1) is 0 Å². The highest BCUT2D eigenvalue weighted by Gasteiger charge is 2.24. The summed E-state index contributed by atoms with van der Waals surface area (Å²) in [5.41, 5.74) is 9.27. The van der Waals surface area contributed by atoms with Gasteiger partial charge in [-0.05, 0) is 47.3 Å². The van der Waals surface area contributed by atoms with Gasteiger partial charge in [0.15, 0.2) is 5.78 Å². The van der Waals surface area contributed by atoms with Crippen LogP contribution in [0.15, 0.2) is 47.8 Å². The van der Waals surface area contributed by atoms with Gasteiger partial charge in [0, 0.05) is 43.3 Å². The topological polar surface area (TPSA) is 49.6 Å². The van der Waals surface area contributed by atoms with Crippen LogP contribution < -0.4 is 10.6 Å². The van der Waals surface area contributed by atoms with Crippen molar-refractivity contribution in [3.05, 3.63) is 79.6 Å². The molecule has 8 heteroatoms. The van der Waals surface area contributed by atoms with Crippen LogP contribution in [0.1, 0.15) is 21.5 Å². The van der Waals surface area contributed by atoms with Crippen molar-refractivity contribution in [3.8, 4) is 0 Å². The summed E-state index contributed by atoms with van der Waals surface area (Å²) < 4.78 is 0. The van der Waals surface area contributed by atoms with Crippen LogP contribution in [-0.2, 0) is 6.54 Å². The molecule has 2 N–H and O–H groups in total. The van der Waals surface area contributed by atoms with Crippen LogP contribution in [0.4, 0.5) is 10.7 Å². The van der Waals surface area contributed by atoms with E-state index >= 15 is 0 Å². The van der Waals surface area contributed by atoms with Gasteiger partial charge in [-0.3, -0.25) is 9.69 Å². The van der Waals surface area contributed by atoms with Gasteiger partial charge < -0.3 is 10.6 Å². The summed E-state index contributed by atoms with van der Waals surface area (Å²) in [4.78, 5) is 17.6. The number of anilines is 2. The Hall–Kier alpha value is -1.76. The standard InChI is InChI=1S/C22H20Cl3N3OS/c23-16-6-4-14(5-7-16)21(29)19-15(13-30-22(19)26)12-27-8-10-28(11-9-27)18-3-1-2-17(24)20(18)25/h1-7,13H,8-12,26H2. The summed E-state index contributed by atoms with van der Waals surface area (Å²) in [7, 11) is 0. The van der Waals surface area contributed by atoms with E-state index in [-0.39, 0.29) is 5.78 Å². The number of thiophene rings is 1. The number of piperazine rings is 1. The predicted molar refractivity (Wildman–Crippen MR) is 128 cm³/mol. The van der Waals surface area contributed by atoms with Crippen LogP contribution in [0.3, 0.4) is 0 Å². The molecule has 1 aliphatic rings. The molecule has 2 heterocycles. The lowest BCUT2D eigenvalue weighted by Crippen LogP contribution is -2.46. The lowest BCUT2D eigenvalue weighted by Gasteiger charge is -2.36. The lowest BCUT2D eigenvalue weighted by atomic mass is 10.0. The zero-order valence-electron chi connectivity index (χ0n) is 16.1. The number of nitrogen functional groups attached to an aromatic ring is 1. The molecule has 2 aromatic carbocycles. The normalized spacial score (nSPS) is 14.8. The highest BCUT2D eigenvalue weighted by molar-refractivity contribution is 7.14. The van der Waals surface area contributed by atoms with Crippen molar-refractivity contribution in [1.29, 1.82) is 0 Å². The summed E-state index contributed by atoms with van der Waals surface area (Å²) in [5.74, 6) is -0.0650. The van der Waals surface area contributed by atoms with Crippen LogP contribution in [0.2, 0.25) is 15.1 Å². The number of ketones is 1. The van der Waals surface area contributed by atoms with Gasteiger partial charge in [0.1, 0.15) is 0 Å². The van der Waals surface area contributed by atoms with Gasteiger partial charge >= 0.3 is 0 Å². The summed E-state index contributed by atoms with van der Waals surface area (Å²) in [6, 6.07) is 12.6. The van der Waals surface area contributed by atoms with Gasteiger partial charge in [0.2, 0.25) is 0 Å². The fourth-order valence-corrected chi connectivity index (χ4v) is 5.00. The molecule has 0 amide bonds. The average Bonchev–Trinajstić information content (AvgIpc) is 3.11. The minimum atomic E-state index is -0.0650. The number of benzene rings is 2. The van der Waals surface area contributed by atoms with Crippen LogP contribution in [0.25, 0.3) is 0 Å². The van der Waals surface area contributed by atoms with Gasteiger partial charge in [-0.1, -0.05) is 40.9 Å². The Morgan fingerprint density at radius 2 is 1.70 bits per heavy atom. The Labute approximate surface area is 194 Å². The van der Waals surface area contributed by atoms with Crippen LogP contribution in [0.5, 0.6) is 0 Å². The highest BCUT2D eigenvalue weighted by atomic mass is 35.5. The van der Waals surface area contributed by atoms with Crippen molar-refractivity contribution in [2.24, 2.45) is 0 Å². The maximum atomic E-state index is 13.0. The molecular formula is C22H20Cl3N3OS. The number of rotatable bonds is 5. The Morgan fingerprint density at radius 3 is 2.40 bits per heavy atom. The number of carbonyl (C=O) groups excluding carboxylic acids is 1. The van der Waals surface area contributed by atoms with Gasteiger partial charge in [0.25, 0.3) is 0 Å². The van der Waals surface area contributed by atoms with Crippen LogP contribution >= 0.6 is 46.1 Å². The Morgan fingerprint density at radius 1 is 1.00 bits per heavy atom. The molecule has 0 unspecified atom stereocenters. The molecule has 0 atom stereocenters. The van der Waals surface area contributed by atoms with Crippen molar-refractivity contribution < 1.29 is 4.79 Å². The second kappa shape index (κ2) is 9.16. The van der Waals surface area contributed by atoms with Crippen molar-refractivity contribution in [2.75, 3.05) is 36.8 Å². The lowest BCUT2D eigenvalue weighted by molar-refractivity contribution is 0.103. The zero-order valence-corrected chi connectivity index (χ0v) is 19.2. The second-order valence-electron chi connectivity index (χ2n) is 7.17. The third kappa shape index (κ3) is 4.46. The monoisotopic (exact) mass is 479 g/mol. The first kappa shape index (κ1) is 21.5. The highest BCUT2D eigenvalue weighted by Crippen LogP contribution is 2.33. The van der Waals surface area contributed by atoms with E-state index in [0.717, 1.165) is 37.4 Å². The Kier molecular flexibility index (Phi) is 6.56. The number of carbonyl (C=O) groups is 1. The first-order valence-electron chi connectivity index (χ1n) is 9.51. The molecule has 0 saturated carbocycles. The minimum Gasteiger partial charge on any atom is -0.390 e. The summed E-state index contributed by atoms with van der Waals surface area (Å²) in [6.45, 7) is 4.06. The smallest absolute Gasteiger partial charge is 0.196 e. The van der Waals surface area contributed by atoms with E-state index < -0.39 is 0 Å². The molecular weight excluding hydrogens is 461 g/mol. The molecule has 156 valence electrons. The fraction of sp³-hybridized carbons (Fsp3) is 0.227. The summed E-state index contributed by atoms with van der Waals surface area (Å²) in [6.07, 6.45) is 0. The predicted octanol–water partition coefficient (Wildman–Crippen LogP) is 5.84. The molecule has 0 radical (unpaired) electrons. The SMILES string of the molecule is Nc1scc(CN2CCN(c3cccc(Cl)c3Cl)CC2)c1C(=O)c1ccc(Cl)cc1. The molecule has 0 bridgehead atoms. The van der Waals surface area contributed by atoms with E-state index in [0.29, 0.717) is 37.7 Å². The van der Waals surface area contributed by atoms with Gasteiger partial charge in [-0.15, -0.1) is 11.3 Å². The third-order valence-corrected chi connectivity index (χ3v) is 7.19. The molecule has 1 aliphatic heterocycles. The quantitative estimate of drug-likeness (QED) is 0.466. The van der Waals surface area contributed by atoms with Gasteiger partial charge in [-0.25, -0.2) is 0 Å². The van der Waals surface area contributed by atoms with Gasteiger partial charge in [-0.2, -0.15) is 0 Å². The second-order valence-corrected chi connectivity index (χ2v) is 9.31. The van der Waals surface area contributed by atoms with Crippen molar-refractivity contribution in [1.82, 2.24) is 4.90 Å². The maximum absolute atomic E-state index is 13.0. The zero-order chi connectivity index (χ0) is 21.3. The molecule has 3 aromatic rings. The van der Waals surface area contributed by atoms with E-state index in [1.807, 2.05) is 17.5 Å². The molecule has 4 nitrogen and oxygen atoms in total. The van der Waals surface area contributed by atoms with Crippen molar-refractivity contribution >= 4 is 62.6 Å². The summed E-state index contributed by atoms with van der Waals surface area (Å²) >= 11 is 19.9. The summed E-state index contributed by atoms with van der Waals surface area (Å²) in [5, 5.41) is 4.29. The van der Waals surface area contributed by atoms with Crippen molar-refractivity contribution in [2.45, 2.75) is 6.54 Å². The molecule has 1 aromatic heterocycles. The number of nitrogens with two attached hydrogens (primary N) is 1. The Bertz CT molecular complexity index is 1060. The number of halogens is 3. The number of hydrogen-bond donors (Lipinski definition) is 1. The molecule has 1 saturated heterocycles. The molecule has 0 aliphatic carbocycles. The fourth-order valence-electron chi connectivity index (χ4n) is 3.65. The largest absolute Gasteiger partial charge is 0.390 e. The minimum absolute atomic E-state index is 0.0650. The number of hydrogen-bond acceptors (Lipinski definition) is 5. The first-order valence-corrected chi connectivity index (χ1v) is 11.5. The maximum Gasteiger partial charge on any atom is 0.196 e. The van der Waals surface area contributed by atoms with Crippen LogP contribution in [-0.4, -0.2) is 36.9 Å². The third-order valence-electron chi connectivity index (χ3n) is 5.27. The van der Waals surface area contributed by atoms with Crippen molar-refractivity contribution in [3.63, 3.8) is 0 Å². The Balaban J connectivity index is 1.46. The van der Waals surface area contributed by atoms with E-state index in [1.54, 1.807) is 30.3 Å². The molecule has 0 spiro atoms. The number of nitrogens with zero attached hydrogens (tertiary/aromatic N) is 2. The van der Waals surface area contributed by atoms with E-state index in [1.165, 1.54) is 11.3 Å². The first-order chi connectivity index (χ1) is 14.4. The molecule has 30 heavy (non-hydrogen) atoms. The molecule has 4 rings (SSSR count). The van der Waals surface area contributed by atoms with E-state index in [4.69, 9.17) is 40.5 Å². The van der Waals surface area contributed by atoms with E-state index in [2.05, 4.69) is 9.80 Å². The van der Waals surface area contributed by atoms with Gasteiger partial charge in [0.05, 0.1) is 26.3 Å².